The normalized spacial score (nSPS) is 19.2. The Morgan fingerprint density at radius 1 is 1.35 bits per heavy atom. The standard InChI is InChI=1S/C15H18N4O/c16-10-4-3-7-19(9-10)14-8-12(15(17)20)11-5-1-2-6-13(11)18-14/h1-2,5-6,8,10H,3-4,7,9,16H2,(H2,17,20). The van der Waals surface area contributed by atoms with Crippen LogP contribution in [-0.4, -0.2) is 30.0 Å². The Morgan fingerprint density at radius 3 is 2.90 bits per heavy atom. The number of amides is 1. The van der Waals surface area contributed by atoms with Crippen molar-refractivity contribution in [3.63, 3.8) is 0 Å². The van der Waals surface area contributed by atoms with E-state index in [1.807, 2.05) is 24.3 Å². The molecule has 1 atom stereocenters. The van der Waals surface area contributed by atoms with E-state index in [-0.39, 0.29) is 6.04 Å². The number of hydrogen-bond donors (Lipinski definition) is 2. The number of hydrogen-bond acceptors (Lipinski definition) is 4. The number of rotatable bonds is 2. The maximum absolute atomic E-state index is 11.7. The molecule has 104 valence electrons. The van der Waals surface area contributed by atoms with Crippen LogP contribution in [0.4, 0.5) is 5.82 Å². The van der Waals surface area contributed by atoms with E-state index in [9.17, 15) is 4.79 Å². The first kappa shape index (κ1) is 12.9. The van der Waals surface area contributed by atoms with Crippen LogP contribution in [0.1, 0.15) is 23.2 Å². The summed E-state index contributed by atoms with van der Waals surface area (Å²) in [5, 5.41) is 0.796. The Balaban J connectivity index is 2.09. The lowest BCUT2D eigenvalue weighted by Gasteiger charge is -2.32. The van der Waals surface area contributed by atoms with Gasteiger partial charge in [0.05, 0.1) is 11.1 Å². The van der Waals surface area contributed by atoms with Gasteiger partial charge >= 0.3 is 0 Å². The van der Waals surface area contributed by atoms with Crippen molar-refractivity contribution in [2.24, 2.45) is 11.5 Å². The van der Waals surface area contributed by atoms with Gasteiger partial charge in [0.15, 0.2) is 0 Å². The third-order valence-electron chi connectivity index (χ3n) is 3.75. The van der Waals surface area contributed by atoms with Gasteiger partial charge in [-0.15, -0.1) is 0 Å². The predicted octanol–water partition coefficient (Wildman–Crippen LogP) is 1.26. The lowest BCUT2D eigenvalue weighted by Crippen LogP contribution is -2.43. The molecule has 3 rings (SSSR count). The Labute approximate surface area is 117 Å². The summed E-state index contributed by atoms with van der Waals surface area (Å²) in [6, 6.07) is 9.50. The van der Waals surface area contributed by atoms with Crippen molar-refractivity contribution >= 4 is 22.6 Å². The molecule has 1 fully saturated rings. The number of primary amides is 1. The molecule has 1 unspecified atom stereocenters. The molecule has 4 N–H and O–H groups in total. The molecule has 20 heavy (non-hydrogen) atoms. The topological polar surface area (TPSA) is 85.2 Å². The highest BCUT2D eigenvalue weighted by atomic mass is 16.1. The number of nitrogens with zero attached hydrogens (tertiary/aromatic N) is 2. The molecular formula is C15H18N4O. The third kappa shape index (κ3) is 2.32. The molecule has 0 bridgehead atoms. The first-order chi connectivity index (χ1) is 9.65. The van der Waals surface area contributed by atoms with E-state index < -0.39 is 5.91 Å². The SMILES string of the molecule is NC(=O)c1cc(N2CCCC(N)C2)nc2ccccc12. The minimum Gasteiger partial charge on any atom is -0.366 e. The summed E-state index contributed by atoms with van der Waals surface area (Å²) in [6.45, 7) is 1.68. The highest BCUT2D eigenvalue weighted by Crippen LogP contribution is 2.24. The Hall–Kier alpha value is -2.14. The number of anilines is 1. The summed E-state index contributed by atoms with van der Waals surface area (Å²) in [5.41, 5.74) is 12.8. The van der Waals surface area contributed by atoms with Gasteiger partial charge < -0.3 is 16.4 Å². The minimum absolute atomic E-state index is 0.161. The van der Waals surface area contributed by atoms with E-state index in [4.69, 9.17) is 11.5 Å². The second kappa shape index (κ2) is 5.09. The van der Waals surface area contributed by atoms with Crippen LogP contribution in [0.2, 0.25) is 0 Å². The minimum atomic E-state index is -0.425. The van der Waals surface area contributed by atoms with Gasteiger partial charge in [-0.25, -0.2) is 4.98 Å². The van der Waals surface area contributed by atoms with Gasteiger partial charge in [-0.1, -0.05) is 18.2 Å². The average Bonchev–Trinajstić information content (AvgIpc) is 2.46. The van der Waals surface area contributed by atoms with E-state index >= 15 is 0 Å². The average molecular weight is 270 g/mol. The number of piperidine rings is 1. The van der Waals surface area contributed by atoms with Crippen LogP contribution in [0.3, 0.4) is 0 Å². The molecule has 1 saturated heterocycles. The first-order valence-electron chi connectivity index (χ1n) is 6.85. The van der Waals surface area contributed by atoms with E-state index in [1.54, 1.807) is 6.07 Å². The molecule has 0 aliphatic carbocycles. The zero-order chi connectivity index (χ0) is 14.1. The number of pyridine rings is 1. The number of nitrogens with two attached hydrogens (primary N) is 2. The van der Waals surface area contributed by atoms with Crippen molar-refractivity contribution < 1.29 is 4.79 Å². The summed E-state index contributed by atoms with van der Waals surface area (Å²) in [5.74, 6) is 0.360. The van der Waals surface area contributed by atoms with Crippen LogP contribution in [0, 0.1) is 0 Å². The Morgan fingerprint density at radius 2 is 2.15 bits per heavy atom. The fraction of sp³-hybridized carbons (Fsp3) is 0.333. The molecular weight excluding hydrogens is 252 g/mol. The molecule has 5 heteroatoms. The zero-order valence-electron chi connectivity index (χ0n) is 11.2. The summed E-state index contributed by atoms with van der Waals surface area (Å²) >= 11 is 0. The molecule has 1 aliphatic heterocycles. The van der Waals surface area contributed by atoms with Crippen LogP contribution >= 0.6 is 0 Å². The van der Waals surface area contributed by atoms with Crippen LogP contribution < -0.4 is 16.4 Å². The summed E-state index contributed by atoms with van der Waals surface area (Å²) < 4.78 is 0. The molecule has 0 spiro atoms. The van der Waals surface area contributed by atoms with Gasteiger partial charge in [0.25, 0.3) is 0 Å². The van der Waals surface area contributed by atoms with E-state index in [0.717, 1.165) is 42.7 Å². The van der Waals surface area contributed by atoms with Crippen molar-refractivity contribution in [1.29, 1.82) is 0 Å². The summed E-state index contributed by atoms with van der Waals surface area (Å²) in [4.78, 5) is 18.4. The molecule has 2 aromatic rings. The molecule has 1 aliphatic rings. The van der Waals surface area contributed by atoms with E-state index in [1.165, 1.54) is 0 Å². The monoisotopic (exact) mass is 270 g/mol. The fourth-order valence-corrected chi connectivity index (χ4v) is 2.75. The molecule has 2 heterocycles. The first-order valence-corrected chi connectivity index (χ1v) is 6.85. The highest BCUT2D eigenvalue weighted by molar-refractivity contribution is 6.06. The van der Waals surface area contributed by atoms with Gasteiger partial charge in [-0.2, -0.15) is 0 Å². The quantitative estimate of drug-likeness (QED) is 0.860. The Kier molecular flexibility index (Phi) is 3.28. The lowest BCUT2D eigenvalue weighted by molar-refractivity contribution is 0.100. The summed E-state index contributed by atoms with van der Waals surface area (Å²) in [7, 11) is 0. The van der Waals surface area contributed by atoms with Crippen LogP contribution in [-0.2, 0) is 0 Å². The number of benzene rings is 1. The number of carbonyl (C=O) groups is 1. The molecule has 1 amide bonds. The molecule has 0 radical (unpaired) electrons. The number of carbonyl (C=O) groups excluding carboxylic acids is 1. The third-order valence-corrected chi connectivity index (χ3v) is 3.75. The van der Waals surface area contributed by atoms with Crippen molar-refractivity contribution in [1.82, 2.24) is 4.98 Å². The zero-order valence-corrected chi connectivity index (χ0v) is 11.2. The van der Waals surface area contributed by atoms with Gasteiger partial charge in [0.1, 0.15) is 5.82 Å². The van der Waals surface area contributed by atoms with Gasteiger partial charge in [-0.3, -0.25) is 4.79 Å². The van der Waals surface area contributed by atoms with Crippen LogP contribution in [0.15, 0.2) is 30.3 Å². The molecule has 1 aromatic carbocycles. The second-order valence-corrected chi connectivity index (χ2v) is 5.26. The van der Waals surface area contributed by atoms with Gasteiger partial charge in [0, 0.05) is 24.5 Å². The maximum atomic E-state index is 11.7. The Bertz CT molecular complexity index is 655. The van der Waals surface area contributed by atoms with Crippen LogP contribution in [0.25, 0.3) is 10.9 Å². The summed E-state index contributed by atoms with van der Waals surface area (Å²) in [6.07, 6.45) is 2.08. The van der Waals surface area contributed by atoms with Crippen molar-refractivity contribution in [3.8, 4) is 0 Å². The second-order valence-electron chi connectivity index (χ2n) is 5.26. The number of aromatic nitrogens is 1. The number of fused-ring (bicyclic) bond motifs is 1. The lowest BCUT2D eigenvalue weighted by atomic mass is 10.1. The molecule has 5 nitrogen and oxygen atoms in total. The fourth-order valence-electron chi connectivity index (χ4n) is 2.75. The van der Waals surface area contributed by atoms with Crippen molar-refractivity contribution in [2.45, 2.75) is 18.9 Å². The predicted molar refractivity (Wildman–Crippen MR) is 79.7 cm³/mol. The van der Waals surface area contributed by atoms with E-state index in [2.05, 4.69) is 9.88 Å². The molecule has 1 aromatic heterocycles. The van der Waals surface area contributed by atoms with Crippen LogP contribution in [0.5, 0.6) is 0 Å². The maximum Gasteiger partial charge on any atom is 0.249 e. The number of para-hydroxylation sites is 1. The highest BCUT2D eigenvalue weighted by Gasteiger charge is 2.20. The van der Waals surface area contributed by atoms with Crippen molar-refractivity contribution in [3.05, 3.63) is 35.9 Å². The smallest absolute Gasteiger partial charge is 0.249 e. The van der Waals surface area contributed by atoms with E-state index in [0.29, 0.717) is 5.56 Å². The molecule has 0 saturated carbocycles. The van der Waals surface area contributed by atoms with Gasteiger partial charge in [-0.05, 0) is 25.0 Å². The largest absolute Gasteiger partial charge is 0.366 e. The van der Waals surface area contributed by atoms with Gasteiger partial charge in [0.2, 0.25) is 5.91 Å². The van der Waals surface area contributed by atoms with Crippen molar-refractivity contribution in [2.75, 3.05) is 18.0 Å².